The highest BCUT2D eigenvalue weighted by Crippen LogP contribution is 1.99. The summed E-state index contributed by atoms with van der Waals surface area (Å²) in [6, 6.07) is 0. The average molecular weight is 161 g/mol. The Bertz CT molecular complexity index is 71.7. The zero-order valence-electron chi connectivity index (χ0n) is 7.53. The molecule has 2 heteroatoms. The van der Waals surface area contributed by atoms with Crippen LogP contribution < -0.4 is 5.32 Å². The van der Waals surface area contributed by atoms with Crippen molar-refractivity contribution >= 4 is 11.8 Å². The summed E-state index contributed by atoms with van der Waals surface area (Å²) in [7, 11) is 1.91. The zero-order valence-corrected chi connectivity index (χ0v) is 8.35. The summed E-state index contributed by atoms with van der Waals surface area (Å²) >= 11 is 1.84. The summed E-state index contributed by atoms with van der Waals surface area (Å²) in [5.74, 6) is 1.17. The number of nitrogens with one attached hydrogen (secondary N) is 1. The van der Waals surface area contributed by atoms with Crippen LogP contribution in [0.5, 0.6) is 0 Å². The van der Waals surface area contributed by atoms with Crippen LogP contribution in [0.2, 0.25) is 0 Å². The van der Waals surface area contributed by atoms with E-state index in [0.29, 0.717) is 0 Å². The Hall–Kier alpha value is -0.110. The molecular weight excluding hydrogens is 142 g/mol. The highest BCUT2D eigenvalue weighted by Gasteiger charge is 1.85. The monoisotopic (exact) mass is 161 g/mol. The van der Waals surface area contributed by atoms with Gasteiger partial charge in [-0.15, -0.1) is 0 Å². The topological polar surface area (TPSA) is 12.0 Å². The fraction of sp³-hybridized carbons (Fsp3) is 0.750. The van der Waals surface area contributed by atoms with Gasteiger partial charge in [-0.25, -0.2) is 0 Å². The van der Waals surface area contributed by atoms with Crippen molar-refractivity contribution in [2.45, 2.75) is 20.3 Å². The molecule has 0 aliphatic carbocycles. The van der Waals surface area contributed by atoms with E-state index in [1.807, 2.05) is 32.7 Å². The van der Waals surface area contributed by atoms with E-state index in [1.54, 1.807) is 0 Å². The van der Waals surface area contributed by atoms with Crippen LogP contribution in [0.3, 0.4) is 0 Å². The van der Waals surface area contributed by atoms with Gasteiger partial charge in [0.2, 0.25) is 0 Å². The standard InChI is InChI=1S/C6H13NS.C2H6/c1-6(7-2)4-5-8-3;1-2/h7H,1,4-5H2,2-3H3;1-2H3. The van der Waals surface area contributed by atoms with Crippen molar-refractivity contribution < 1.29 is 0 Å². The molecule has 0 spiro atoms. The van der Waals surface area contributed by atoms with Gasteiger partial charge < -0.3 is 5.32 Å². The third kappa shape index (κ3) is 10.8. The number of rotatable bonds is 4. The first-order chi connectivity index (χ1) is 4.81. The molecule has 0 rings (SSSR count). The molecule has 1 N–H and O–H groups in total. The highest BCUT2D eigenvalue weighted by atomic mass is 32.2. The Morgan fingerprint density at radius 3 is 2.30 bits per heavy atom. The van der Waals surface area contributed by atoms with Crippen LogP contribution in [0.25, 0.3) is 0 Å². The van der Waals surface area contributed by atoms with Gasteiger partial charge in [-0.2, -0.15) is 11.8 Å². The van der Waals surface area contributed by atoms with Crippen LogP contribution in [0.1, 0.15) is 20.3 Å². The van der Waals surface area contributed by atoms with Crippen LogP contribution in [-0.2, 0) is 0 Å². The van der Waals surface area contributed by atoms with Gasteiger partial charge in [0, 0.05) is 12.7 Å². The van der Waals surface area contributed by atoms with E-state index >= 15 is 0 Å². The predicted molar refractivity (Wildman–Crippen MR) is 52.5 cm³/mol. The molecule has 0 fully saturated rings. The fourth-order valence-corrected chi connectivity index (χ4v) is 0.801. The summed E-state index contributed by atoms with van der Waals surface area (Å²) in [6.07, 6.45) is 3.18. The lowest BCUT2D eigenvalue weighted by Crippen LogP contribution is -2.04. The van der Waals surface area contributed by atoms with Gasteiger partial charge in [-0.3, -0.25) is 0 Å². The quantitative estimate of drug-likeness (QED) is 0.680. The van der Waals surface area contributed by atoms with Crippen molar-refractivity contribution in [2.24, 2.45) is 0 Å². The average Bonchev–Trinajstić information content (AvgIpc) is 2.04. The molecule has 62 valence electrons. The van der Waals surface area contributed by atoms with Crippen LogP contribution in [-0.4, -0.2) is 19.1 Å². The first-order valence-corrected chi connectivity index (χ1v) is 5.05. The van der Waals surface area contributed by atoms with Gasteiger partial charge in [-0.1, -0.05) is 20.4 Å². The fourth-order valence-electron chi connectivity index (χ4n) is 0.350. The van der Waals surface area contributed by atoms with Crippen LogP contribution in [0, 0.1) is 0 Å². The minimum atomic E-state index is 1.08. The van der Waals surface area contributed by atoms with Gasteiger partial charge in [0.25, 0.3) is 0 Å². The third-order valence-corrected chi connectivity index (χ3v) is 1.57. The van der Waals surface area contributed by atoms with Crippen molar-refractivity contribution in [3.8, 4) is 0 Å². The minimum Gasteiger partial charge on any atom is -0.392 e. The van der Waals surface area contributed by atoms with Crippen molar-refractivity contribution in [1.82, 2.24) is 5.32 Å². The van der Waals surface area contributed by atoms with E-state index < -0.39 is 0 Å². The molecule has 0 saturated heterocycles. The predicted octanol–water partition coefficient (Wildman–Crippen LogP) is 2.50. The first-order valence-electron chi connectivity index (χ1n) is 3.65. The van der Waals surface area contributed by atoms with Crippen molar-refractivity contribution in [3.63, 3.8) is 0 Å². The smallest absolute Gasteiger partial charge is 0.00393 e. The molecule has 0 atom stereocenters. The van der Waals surface area contributed by atoms with Crippen molar-refractivity contribution in [1.29, 1.82) is 0 Å². The molecule has 0 radical (unpaired) electrons. The zero-order chi connectivity index (χ0) is 8.41. The summed E-state index contributed by atoms with van der Waals surface area (Å²) < 4.78 is 0. The Morgan fingerprint density at radius 1 is 1.50 bits per heavy atom. The molecule has 0 aliphatic heterocycles. The van der Waals surface area contributed by atoms with Gasteiger partial charge in [0.05, 0.1) is 0 Å². The summed E-state index contributed by atoms with van der Waals surface area (Å²) in [5.41, 5.74) is 1.12. The van der Waals surface area contributed by atoms with Crippen LogP contribution in [0.4, 0.5) is 0 Å². The Labute approximate surface area is 69.3 Å². The lowest BCUT2D eigenvalue weighted by atomic mass is 10.4. The number of thioether (sulfide) groups is 1. The van der Waals surface area contributed by atoms with Crippen LogP contribution >= 0.6 is 11.8 Å². The molecule has 1 nitrogen and oxygen atoms in total. The molecule has 0 aliphatic rings. The Morgan fingerprint density at radius 2 is 2.00 bits per heavy atom. The maximum absolute atomic E-state index is 3.79. The van der Waals surface area contributed by atoms with Crippen molar-refractivity contribution in [2.75, 3.05) is 19.1 Å². The first kappa shape index (κ1) is 12.6. The molecule has 10 heavy (non-hydrogen) atoms. The number of hydrogen-bond acceptors (Lipinski definition) is 2. The molecule has 0 aromatic heterocycles. The maximum atomic E-state index is 3.79. The molecule has 0 bridgehead atoms. The van der Waals surface area contributed by atoms with Gasteiger partial charge in [0.15, 0.2) is 0 Å². The normalized spacial score (nSPS) is 7.60. The van der Waals surface area contributed by atoms with Gasteiger partial charge in [0.1, 0.15) is 0 Å². The van der Waals surface area contributed by atoms with Gasteiger partial charge in [-0.05, 0) is 18.4 Å². The molecular formula is C8H19NS. The second kappa shape index (κ2) is 11.7. The summed E-state index contributed by atoms with van der Waals surface area (Å²) in [4.78, 5) is 0. The van der Waals surface area contributed by atoms with Crippen LogP contribution in [0.15, 0.2) is 12.3 Å². The van der Waals surface area contributed by atoms with E-state index in [4.69, 9.17) is 0 Å². The third-order valence-electron chi connectivity index (χ3n) is 0.962. The molecule has 0 heterocycles. The minimum absolute atomic E-state index is 1.08. The maximum Gasteiger partial charge on any atom is 0.00393 e. The van der Waals surface area contributed by atoms with E-state index in [1.165, 1.54) is 5.75 Å². The highest BCUT2D eigenvalue weighted by molar-refractivity contribution is 7.98. The summed E-state index contributed by atoms with van der Waals surface area (Å²) in [5, 5.41) is 2.99. The number of allylic oxidation sites excluding steroid dienone is 1. The lowest BCUT2D eigenvalue weighted by Gasteiger charge is -2.00. The lowest BCUT2D eigenvalue weighted by molar-refractivity contribution is 0.915. The molecule has 0 unspecified atom stereocenters. The van der Waals surface area contributed by atoms with E-state index in [2.05, 4.69) is 18.2 Å². The largest absolute Gasteiger partial charge is 0.392 e. The molecule has 0 saturated carbocycles. The van der Waals surface area contributed by atoms with E-state index in [9.17, 15) is 0 Å². The van der Waals surface area contributed by atoms with E-state index in [0.717, 1.165) is 12.1 Å². The second-order valence-electron chi connectivity index (χ2n) is 1.60. The number of hydrogen-bond donors (Lipinski definition) is 1. The Balaban J connectivity index is 0. The SMILES string of the molecule is C=C(CCSC)NC.CC. The molecule has 0 aromatic carbocycles. The van der Waals surface area contributed by atoms with Crippen molar-refractivity contribution in [3.05, 3.63) is 12.3 Å². The molecule has 0 amide bonds. The second-order valence-corrected chi connectivity index (χ2v) is 2.58. The summed E-state index contributed by atoms with van der Waals surface area (Å²) in [6.45, 7) is 7.79. The van der Waals surface area contributed by atoms with Gasteiger partial charge >= 0.3 is 0 Å². The van der Waals surface area contributed by atoms with E-state index in [-0.39, 0.29) is 0 Å². The molecule has 0 aromatic rings. The Kier molecular flexibility index (Phi) is 14.6.